The molecular formula is C9H17NO2S. The molecule has 0 rings (SSSR count). The molecule has 0 aromatic heterocycles. The van der Waals surface area contributed by atoms with Crippen LogP contribution in [-0.2, 0) is 4.74 Å². The Morgan fingerprint density at radius 3 is 2.85 bits per heavy atom. The molecule has 0 fully saturated rings. The lowest BCUT2D eigenvalue weighted by molar-refractivity contribution is 0.0722. The van der Waals surface area contributed by atoms with Gasteiger partial charge in [0.15, 0.2) is 0 Å². The monoisotopic (exact) mass is 203 g/mol. The number of hydrogen-bond acceptors (Lipinski definition) is 4. The average molecular weight is 203 g/mol. The molecule has 1 N–H and O–H groups in total. The van der Waals surface area contributed by atoms with E-state index in [-0.39, 0.29) is 12.7 Å². The quantitative estimate of drug-likeness (QED) is 0.606. The van der Waals surface area contributed by atoms with E-state index in [0.29, 0.717) is 13.0 Å². The summed E-state index contributed by atoms with van der Waals surface area (Å²) in [5.74, 6) is 1.07. The van der Waals surface area contributed by atoms with Crippen LogP contribution in [0.5, 0.6) is 0 Å². The molecule has 3 nitrogen and oxygen atoms in total. The van der Waals surface area contributed by atoms with Gasteiger partial charge in [0.25, 0.3) is 0 Å². The van der Waals surface area contributed by atoms with Crippen LogP contribution in [-0.4, -0.2) is 36.4 Å². The number of thioether (sulfide) groups is 1. The molecule has 4 heteroatoms. The lowest BCUT2D eigenvalue weighted by Crippen LogP contribution is -2.12. The summed E-state index contributed by atoms with van der Waals surface area (Å²) in [4.78, 5) is 0. The number of nitriles is 1. The summed E-state index contributed by atoms with van der Waals surface area (Å²) in [6.07, 6.45) is 4.18. The second kappa shape index (κ2) is 9.85. The van der Waals surface area contributed by atoms with E-state index in [1.807, 2.05) is 6.26 Å². The lowest BCUT2D eigenvalue weighted by atomic mass is 10.2. The smallest absolute Gasteiger partial charge is 0.144 e. The van der Waals surface area contributed by atoms with Gasteiger partial charge in [0.2, 0.25) is 0 Å². The first-order valence-corrected chi connectivity index (χ1v) is 5.85. The third-order valence-electron chi connectivity index (χ3n) is 1.58. The van der Waals surface area contributed by atoms with E-state index in [0.717, 1.165) is 18.6 Å². The molecule has 1 unspecified atom stereocenters. The van der Waals surface area contributed by atoms with Crippen molar-refractivity contribution in [1.29, 1.82) is 5.26 Å². The van der Waals surface area contributed by atoms with Gasteiger partial charge in [0, 0.05) is 6.61 Å². The van der Waals surface area contributed by atoms with E-state index in [4.69, 9.17) is 15.1 Å². The van der Waals surface area contributed by atoms with Gasteiger partial charge in [-0.3, -0.25) is 0 Å². The van der Waals surface area contributed by atoms with E-state index < -0.39 is 0 Å². The molecule has 0 amide bonds. The predicted molar refractivity (Wildman–Crippen MR) is 54.7 cm³/mol. The Morgan fingerprint density at radius 1 is 1.54 bits per heavy atom. The summed E-state index contributed by atoms with van der Waals surface area (Å²) in [5.41, 5.74) is 0. The van der Waals surface area contributed by atoms with Crippen LogP contribution in [0, 0.1) is 11.3 Å². The molecule has 76 valence electrons. The highest BCUT2D eigenvalue weighted by Gasteiger charge is 2.05. The molecule has 13 heavy (non-hydrogen) atoms. The molecule has 0 aliphatic heterocycles. The fourth-order valence-electron chi connectivity index (χ4n) is 0.888. The number of hydrogen-bond donors (Lipinski definition) is 1. The van der Waals surface area contributed by atoms with Crippen molar-refractivity contribution in [2.45, 2.75) is 25.4 Å². The molecule has 0 aromatic carbocycles. The third-order valence-corrected chi connectivity index (χ3v) is 2.28. The lowest BCUT2D eigenvalue weighted by Gasteiger charge is -2.09. The second-order valence-corrected chi connectivity index (χ2v) is 3.69. The van der Waals surface area contributed by atoms with Crippen molar-refractivity contribution in [2.75, 3.05) is 25.2 Å². The highest BCUT2D eigenvalue weighted by atomic mass is 32.2. The first kappa shape index (κ1) is 12.8. The van der Waals surface area contributed by atoms with Crippen LogP contribution < -0.4 is 0 Å². The van der Waals surface area contributed by atoms with Crippen molar-refractivity contribution in [3.05, 3.63) is 0 Å². The molecule has 1 atom stereocenters. The Balaban J connectivity index is 3.36. The zero-order valence-electron chi connectivity index (χ0n) is 8.03. The van der Waals surface area contributed by atoms with Gasteiger partial charge in [0.1, 0.15) is 6.10 Å². The summed E-state index contributed by atoms with van der Waals surface area (Å²) < 4.78 is 5.25. The maximum atomic E-state index is 8.68. The zero-order chi connectivity index (χ0) is 9.94. The largest absolute Gasteiger partial charge is 0.396 e. The minimum Gasteiger partial charge on any atom is -0.396 e. The Morgan fingerprint density at radius 2 is 2.31 bits per heavy atom. The van der Waals surface area contributed by atoms with Crippen molar-refractivity contribution >= 4 is 11.8 Å². The van der Waals surface area contributed by atoms with Crippen LogP contribution in [0.15, 0.2) is 0 Å². The third kappa shape index (κ3) is 8.10. The van der Waals surface area contributed by atoms with E-state index in [9.17, 15) is 0 Å². The highest BCUT2D eigenvalue weighted by Crippen LogP contribution is 2.05. The highest BCUT2D eigenvalue weighted by molar-refractivity contribution is 7.98. The summed E-state index contributed by atoms with van der Waals surface area (Å²) in [6, 6.07) is 2.11. The van der Waals surface area contributed by atoms with Crippen molar-refractivity contribution in [1.82, 2.24) is 0 Å². The Bertz CT molecular complexity index is 137. The number of nitrogens with zero attached hydrogens (tertiary/aromatic N) is 1. The van der Waals surface area contributed by atoms with Crippen LogP contribution in [0.3, 0.4) is 0 Å². The molecule has 0 bridgehead atoms. The first-order chi connectivity index (χ1) is 6.35. The summed E-state index contributed by atoms with van der Waals surface area (Å²) in [7, 11) is 0. The second-order valence-electron chi connectivity index (χ2n) is 2.70. The number of ether oxygens (including phenoxy) is 1. The van der Waals surface area contributed by atoms with Crippen molar-refractivity contribution < 1.29 is 9.84 Å². The van der Waals surface area contributed by atoms with Crippen molar-refractivity contribution in [3.8, 4) is 6.07 Å². The Labute approximate surface area is 84.1 Å². The van der Waals surface area contributed by atoms with E-state index >= 15 is 0 Å². The van der Waals surface area contributed by atoms with E-state index in [2.05, 4.69) is 6.07 Å². The van der Waals surface area contributed by atoms with Gasteiger partial charge in [-0.15, -0.1) is 0 Å². The fraction of sp³-hybridized carbons (Fsp3) is 0.889. The van der Waals surface area contributed by atoms with Crippen LogP contribution >= 0.6 is 11.8 Å². The van der Waals surface area contributed by atoms with Gasteiger partial charge in [-0.25, -0.2) is 0 Å². The van der Waals surface area contributed by atoms with Crippen molar-refractivity contribution in [3.63, 3.8) is 0 Å². The average Bonchev–Trinajstić information content (AvgIpc) is 2.16. The van der Waals surface area contributed by atoms with Crippen LogP contribution in [0.2, 0.25) is 0 Å². The topological polar surface area (TPSA) is 53.2 Å². The molecule has 0 aliphatic rings. The molecule has 0 aromatic rings. The molecule has 0 spiro atoms. The molecule has 0 saturated heterocycles. The van der Waals surface area contributed by atoms with Gasteiger partial charge in [0.05, 0.1) is 12.7 Å². The first-order valence-electron chi connectivity index (χ1n) is 4.46. The Kier molecular flexibility index (Phi) is 9.66. The summed E-state index contributed by atoms with van der Waals surface area (Å²) in [6.45, 7) is 0.608. The zero-order valence-corrected chi connectivity index (χ0v) is 8.85. The minimum absolute atomic E-state index is 0.128. The summed E-state index contributed by atoms with van der Waals surface area (Å²) >= 11 is 1.78. The molecule has 0 heterocycles. The van der Waals surface area contributed by atoms with Gasteiger partial charge in [-0.05, 0) is 31.3 Å². The van der Waals surface area contributed by atoms with Gasteiger partial charge < -0.3 is 9.84 Å². The van der Waals surface area contributed by atoms with E-state index in [1.165, 1.54) is 0 Å². The molecule has 0 radical (unpaired) electrons. The Hall–Kier alpha value is -0.240. The predicted octanol–water partition coefficient (Wildman–Crippen LogP) is 1.42. The number of aliphatic hydroxyl groups is 1. The van der Waals surface area contributed by atoms with Gasteiger partial charge in [-0.2, -0.15) is 17.0 Å². The van der Waals surface area contributed by atoms with Crippen LogP contribution in [0.25, 0.3) is 0 Å². The van der Waals surface area contributed by atoms with Crippen LogP contribution in [0.4, 0.5) is 0 Å². The van der Waals surface area contributed by atoms with Crippen molar-refractivity contribution in [2.24, 2.45) is 0 Å². The summed E-state index contributed by atoms with van der Waals surface area (Å²) in [5, 5.41) is 17.2. The maximum absolute atomic E-state index is 8.68. The van der Waals surface area contributed by atoms with Gasteiger partial charge in [-0.1, -0.05) is 0 Å². The maximum Gasteiger partial charge on any atom is 0.144 e. The van der Waals surface area contributed by atoms with Gasteiger partial charge >= 0.3 is 0 Å². The molecular weight excluding hydrogens is 186 g/mol. The standard InChI is InChI=1S/C9H17NO2S/c1-13-7-2-4-9(8-10)12-6-3-5-11/h9,11H,2-7H2,1H3. The molecule has 0 saturated carbocycles. The number of rotatable bonds is 8. The minimum atomic E-state index is -0.293. The van der Waals surface area contributed by atoms with E-state index in [1.54, 1.807) is 11.8 Å². The van der Waals surface area contributed by atoms with Crippen LogP contribution in [0.1, 0.15) is 19.3 Å². The number of aliphatic hydroxyl groups excluding tert-OH is 1. The fourth-order valence-corrected chi connectivity index (χ4v) is 1.34. The SMILES string of the molecule is CSCCCC(C#N)OCCCO. The molecule has 0 aliphatic carbocycles. The normalized spacial score (nSPS) is 12.4.